The van der Waals surface area contributed by atoms with Gasteiger partial charge in [-0.25, -0.2) is 4.98 Å². The molecule has 152 valence electrons. The van der Waals surface area contributed by atoms with Gasteiger partial charge in [-0.3, -0.25) is 9.59 Å². The number of aromatic nitrogens is 2. The van der Waals surface area contributed by atoms with E-state index in [1.165, 1.54) is 14.2 Å². The first-order valence-corrected chi connectivity index (χ1v) is 10.3. The highest BCUT2D eigenvalue weighted by molar-refractivity contribution is 7.98. The minimum absolute atomic E-state index is 0.116. The van der Waals surface area contributed by atoms with Gasteiger partial charge in [0.05, 0.1) is 31.7 Å². The maximum Gasteiger partial charge on any atom is 0.258 e. The van der Waals surface area contributed by atoms with Crippen molar-refractivity contribution in [3.05, 3.63) is 58.1 Å². The molecule has 1 aromatic heterocycles. The highest BCUT2D eigenvalue weighted by Gasteiger charge is 2.17. The predicted molar refractivity (Wildman–Crippen MR) is 114 cm³/mol. The van der Waals surface area contributed by atoms with Crippen LogP contribution in [0.2, 0.25) is 0 Å². The maximum atomic E-state index is 12.9. The molecule has 3 aromatic rings. The van der Waals surface area contributed by atoms with Crippen molar-refractivity contribution in [3.63, 3.8) is 0 Å². The largest absolute Gasteiger partial charge is 0.493 e. The fourth-order valence-electron chi connectivity index (χ4n) is 3.01. The fourth-order valence-corrected chi connectivity index (χ4v) is 3.42. The SMILES string of the molecule is CCN(Cc1nc2cc(OC)c(OC)cc2c(=O)[nH]1)C(=O)c1ccc(SC)cc1. The third kappa shape index (κ3) is 4.37. The second-order valence-corrected chi connectivity index (χ2v) is 7.16. The summed E-state index contributed by atoms with van der Waals surface area (Å²) in [4.78, 5) is 35.4. The average molecular weight is 413 g/mol. The van der Waals surface area contributed by atoms with Gasteiger partial charge in [-0.15, -0.1) is 11.8 Å². The molecule has 0 atom stereocenters. The second-order valence-electron chi connectivity index (χ2n) is 6.28. The molecule has 0 bridgehead atoms. The first kappa shape index (κ1) is 20.7. The first-order chi connectivity index (χ1) is 14.0. The molecule has 1 heterocycles. The molecular formula is C21H23N3O4S. The zero-order chi connectivity index (χ0) is 21.0. The summed E-state index contributed by atoms with van der Waals surface area (Å²) in [6.07, 6.45) is 1.99. The van der Waals surface area contributed by atoms with Crippen molar-refractivity contribution >= 4 is 28.6 Å². The number of amides is 1. The Kier molecular flexibility index (Phi) is 6.43. The number of ether oxygens (including phenoxy) is 2. The number of rotatable bonds is 7. The van der Waals surface area contributed by atoms with Crippen molar-refractivity contribution in [1.82, 2.24) is 14.9 Å². The van der Waals surface area contributed by atoms with Crippen molar-refractivity contribution in [1.29, 1.82) is 0 Å². The van der Waals surface area contributed by atoms with Crippen LogP contribution < -0.4 is 15.0 Å². The Hall–Kier alpha value is -3.00. The third-order valence-electron chi connectivity index (χ3n) is 4.61. The van der Waals surface area contributed by atoms with Gasteiger partial charge in [-0.05, 0) is 43.5 Å². The molecule has 0 spiro atoms. The topological polar surface area (TPSA) is 84.5 Å². The normalized spacial score (nSPS) is 10.8. The van der Waals surface area contributed by atoms with Crippen LogP contribution in [-0.2, 0) is 6.54 Å². The minimum Gasteiger partial charge on any atom is -0.493 e. The van der Waals surface area contributed by atoms with Crippen LogP contribution >= 0.6 is 11.8 Å². The number of aromatic amines is 1. The standard InChI is InChI=1S/C21H23N3O4S/c1-5-24(21(26)13-6-8-14(29-4)9-7-13)12-19-22-16-11-18(28-3)17(27-2)10-15(16)20(25)23-19/h6-11H,5,12H2,1-4H3,(H,22,23,25). The van der Waals surface area contributed by atoms with Crippen LogP contribution in [0.15, 0.2) is 46.1 Å². The maximum absolute atomic E-state index is 12.9. The Labute approximate surface area is 173 Å². The van der Waals surface area contributed by atoms with Crippen molar-refractivity contribution in [2.24, 2.45) is 0 Å². The Morgan fingerprint density at radius 3 is 2.38 bits per heavy atom. The molecule has 1 amide bonds. The van der Waals surface area contributed by atoms with Crippen molar-refractivity contribution in [3.8, 4) is 11.5 Å². The number of hydrogen-bond acceptors (Lipinski definition) is 6. The monoisotopic (exact) mass is 413 g/mol. The van der Waals surface area contributed by atoms with E-state index < -0.39 is 0 Å². The van der Waals surface area contributed by atoms with Gasteiger partial charge in [-0.1, -0.05) is 0 Å². The van der Waals surface area contributed by atoms with Gasteiger partial charge in [0.15, 0.2) is 11.5 Å². The van der Waals surface area contributed by atoms with Crippen LogP contribution in [0.1, 0.15) is 23.1 Å². The molecule has 0 fully saturated rings. The molecule has 29 heavy (non-hydrogen) atoms. The molecular weight excluding hydrogens is 390 g/mol. The summed E-state index contributed by atoms with van der Waals surface area (Å²) in [5.74, 6) is 1.24. The van der Waals surface area contributed by atoms with E-state index in [9.17, 15) is 9.59 Å². The van der Waals surface area contributed by atoms with Gasteiger partial charge in [0.2, 0.25) is 0 Å². The number of fused-ring (bicyclic) bond motifs is 1. The summed E-state index contributed by atoms with van der Waals surface area (Å²) in [6, 6.07) is 10.7. The van der Waals surface area contributed by atoms with Crippen LogP contribution in [0.5, 0.6) is 11.5 Å². The number of methoxy groups -OCH3 is 2. The Morgan fingerprint density at radius 1 is 1.14 bits per heavy atom. The second kappa shape index (κ2) is 9.00. The molecule has 0 saturated heterocycles. The molecule has 0 aliphatic carbocycles. The summed E-state index contributed by atoms with van der Waals surface area (Å²) in [6.45, 7) is 2.57. The van der Waals surface area contributed by atoms with Crippen LogP contribution in [0.4, 0.5) is 0 Å². The van der Waals surface area contributed by atoms with Crippen molar-refractivity contribution < 1.29 is 14.3 Å². The molecule has 0 saturated carbocycles. The zero-order valence-electron chi connectivity index (χ0n) is 16.8. The number of thioether (sulfide) groups is 1. The Balaban J connectivity index is 1.92. The van der Waals surface area contributed by atoms with E-state index in [2.05, 4.69) is 9.97 Å². The van der Waals surface area contributed by atoms with E-state index in [0.29, 0.717) is 40.3 Å². The van der Waals surface area contributed by atoms with Gasteiger partial charge in [0.1, 0.15) is 5.82 Å². The third-order valence-corrected chi connectivity index (χ3v) is 5.35. The lowest BCUT2D eigenvalue weighted by atomic mass is 10.2. The highest BCUT2D eigenvalue weighted by Crippen LogP contribution is 2.30. The van der Waals surface area contributed by atoms with Gasteiger partial charge < -0.3 is 19.4 Å². The Bertz CT molecular complexity index is 1080. The number of benzene rings is 2. The molecule has 2 aromatic carbocycles. The number of carbonyl (C=O) groups is 1. The first-order valence-electron chi connectivity index (χ1n) is 9.09. The number of H-pyrrole nitrogens is 1. The molecule has 0 aliphatic heterocycles. The van der Waals surface area contributed by atoms with Crippen LogP contribution in [0.25, 0.3) is 10.9 Å². The summed E-state index contributed by atoms with van der Waals surface area (Å²) in [5, 5.41) is 0.397. The van der Waals surface area contributed by atoms with Crippen molar-refractivity contribution in [2.75, 3.05) is 27.0 Å². The molecule has 3 rings (SSSR count). The quantitative estimate of drug-likeness (QED) is 0.598. The summed E-state index contributed by atoms with van der Waals surface area (Å²) in [7, 11) is 3.04. The average Bonchev–Trinajstić information content (AvgIpc) is 2.76. The van der Waals surface area contributed by atoms with E-state index >= 15 is 0 Å². The lowest BCUT2D eigenvalue weighted by Crippen LogP contribution is -2.32. The smallest absolute Gasteiger partial charge is 0.258 e. The fraction of sp³-hybridized carbons (Fsp3) is 0.286. The molecule has 8 heteroatoms. The minimum atomic E-state index is -0.293. The molecule has 0 unspecified atom stereocenters. The molecule has 0 radical (unpaired) electrons. The van der Waals surface area contributed by atoms with Crippen LogP contribution in [-0.4, -0.2) is 47.8 Å². The van der Waals surface area contributed by atoms with Gasteiger partial charge in [-0.2, -0.15) is 0 Å². The lowest BCUT2D eigenvalue weighted by molar-refractivity contribution is 0.0748. The van der Waals surface area contributed by atoms with Crippen molar-refractivity contribution in [2.45, 2.75) is 18.4 Å². The van der Waals surface area contributed by atoms with E-state index in [1.807, 2.05) is 37.4 Å². The number of nitrogens with one attached hydrogen (secondary N) is 1. The van der Waals surface area contributed by atoms with Gasteiger partial charge in [0.25, 0.3) is 11.5 Å². The number of hydrogen-bond donors (Lipinski definition) is 1. The molecule has 7 nitrogen and oxygen atoms in total. The van der Waals surface area contributed by atoms with Gasteiger partial charge in [0, 0.05) is 23.1 Å². The van der Waals surface area contributed by atoms with Gasteiger partial charge >= 0.3 is 0 Å². The lowest BCUT2D eigenvalue weighted by Gasteiger charge is -2.20. The zero-order valence-corrected chi connectivity index (χ0v) is 17.6. The van der Waals surface area contributed by atoms with Crippen LogP contribution in [0.3, 0.4) is 0 Å². The summed E-state index contributed by atoms with van der Waals surface area (Å²) >= 11 is 1.62. The highest BCUT2D eigenvalue weighted by atomic mass is 32.2. The van der Waals surface area contributed by atoms with E-state index in [-0.39, 0.29) is 18.0 Å². The number of nitrogens with zero attached hydrogens (tertiary/aromatic N) is 2. The molecule has 1 N–H and O–H groups in total. The van der Waals surface area contributed by atoms with E-state index in [1.54, 1.807) is 28.8 Å². The van der Waals surface area contributed by atoms with Crippen LogP contribution in [0, 0.1) is 0 Å². The van der Waals surface area contributed by atoms with E-state index in [0.717, 1.165) is 4.90 Å². The van der Waals surface area contributed by atoms with E-state index in [4.69, 9.17) is 9.47 Å². The summed E-state index contributed by atoms with van der Waals surface area (Å²) < 4.78 is 10.5. The summed E-state index contributed by atoms with van der Waals surface area (Å²) in [5.41, 5.74) is 0.784. The Morgan fingerprint density at radius 2 is 1.79 bits per heavy atom. The number of carbonyl (C=O) groups excluding carboxylic acids is 1. The predicted octanol–water partition coefficient (Wildman–Crippen LogP) is 3.32. The molecule has 0 aliphatic rings.